The second-order valence-electron chi connectivity index (χ2n) is 7.93. The molecule has 0 aromatic heterocycles. The summed E-state index contributed by atoms with van der Waals surface area (Å²) < 4.78 is 37.8. The topological polar surface area (TPSA) is 134 Å². The van der Waals surface area contributed by atoms with Gasteiger partial charge in [-0.25, -0.2) is 0 Å². The first kappa shape index (κ1) is 25.7. The van der Waals surface area contributed by atoms with Crippen molar-refractivity contribution in [1.29, 1.82) is 0 Å². The van der Waals surface area contributed by atoms with Gasteiger partial charge in [0.2, 0.25) is 5.91 Å². The first-order chi connectivity index (χ1) is 16.1. The van der Waals surface area contributed by atoms with Gasteiger partial charge in [-0.05, 0) is 43.0 Å². The van der Waals surface area contributed by atoms with Crippen LogP contribution in [0, 0.1) is 5.92 Å². The summed E-state index contributed by atoms with van der Waals surface area (Å²) in [7, 11) is -3.11. The zero-order valence-corrected chi connectivity index (χ0v) is 20.4. The summed E-state index contributed by atoms with van der Waals surface area (Å²) in [5.74, 6) is -1.28. The van der Waals surface area contributed by atoms with E-state index in [0.717, 1.165) is 21.9 Å². The van der Waals surface area contributed by atoms with Crippen molar-refractivity contribution in [3.05, 3.63) is 65.7 Å². The molecule has 2 aromatic carbocycles. The Morgan fingerprint density at radius 2 is 1.76 bits per heavy atom. The van der Waals surface area contributed by atoms with Gasteiger partial charge in [-0.15, -0.1) is 11.8 Å². The molecule has 9 nitrogen and oxygen atoms in total. The van der Waals surface area contributed by atoms with Crippen molar-refractivity contribution in [2.24, 2.45) is 10.9 Å². The van der Waals surface area contributed by atoms with Crippen molar-refractivity contribution in [3.8, 4) is 0 Å². The lowest BCUT2D eigenvalue weighted by Gasteiger charge is -2.22. The molecule has 0 aliphatic carbocycles. The van der Waals surface area contributed by atoms with Gasteiger partial charge in [0, 0.05) is 5.75 Å². The predicted octanol–water partition coefficient (Wildman–Crippen LogP) is 2.49. The van der Waals surface area contributed by atoms with E-state index in [1.807, 2.05) is 42.0 Å². The van der Waals surface area contributed by atoms with E-state index in [4.69, 9.17) is 9.29 Å². The minimum atomic E-state index is -4.37. The summed E-state index contributed by atoms with van der Waals surface area (Å²) in [6.07, 6.45) is 0.591. The quantitative estimate of drug-likeness (QED) is 0.257. The number of hydrogen-bond acceptors (Lipinski definition) is 7. The van der Waals surface area contributed by atoms with Crippen LogP contribution >= 0.6 is 11.8 Å². The Morgan fingerprint density at radius 3 is 2.32 bits per heavy atom. The van der Waals surface area contributed by atoms with Gasteiger partial charge in [-0.1, -0.05) is 42.5 Å². The molecule has 11 heteroatoms. The molecule has 1 amide bonds. The molecule has 0 bridgehead atoms. The molecule has 1 aliphatic heterocycles. The molecular weight excluding hydrogens is 478 g/mol. The molecule has 3 atom stereocenters. The third-order valence-corrected chi connectivity index (χ3v) is 6.99. The summed E-state index contributed by atoms with van der Waals surface area (Å²) in [4.78, 5) is 30.3. The number of nitrogens with one attached hydrogen (secondary N) is 2. The zero-order chi connectivity index (χ0) is 24.7. The maximum atomic E-state index is 13.2. The summed E-state index contributed by atoms with van der Waals surface area (Å²) in [6.45, 7) is 1.99. The average molecular weight is 506 g/mol. The molecule has 1 aliphatic rings. The van der Waals surface area contributed by atoms with Crippen LogP contribution in [0.4, 0.5) is 5.69 Å². The van der Waals surface area contributed by atoms with Crippen LogP contribution in [-0.4, -0.2) is 54.8 Å². The summed E-state index contributed by atoms with van der Waals surface area (Å²) >= 11 is 1.56. The number of carbonyl (C=O) groups is 2. The van der Waals surface area contributed by atoms with Gasteiger partial charge in [-0.3, -0.25) is 23.9 Å². The molecule has 0 spiro atoms. The van der Waals surface area contributed by atoms with Crippen molar-refractivity contribution in [3.63, 3.8) is 0 Å². The van der Waals surface area contributed by atoms with Crippen LogP contribution in [0.2, 0.25) is 0 Å². The summed E-state index contributed by atoms with van der Waals surface area (Å²) in [5.41, 5.74) is 1.86. The number of methoxy groups -OCH3 is 1. The van der Waals surface area contributed by atoms with Crippen LogP contribution in [0.15, 0.2) is 59.6 Å². The van der Waals surface area contributed by atoms with Crippen molar-refractivity contribution < 1.29 is 27.3 Å². The van der Waals surface area contributed by atoms with E-state index < -0.39 is 34.1 Å². The number of benzene rings is 2. The molecule has 0 fully saturated rings. The Bertz CT molecular complexity index is 1140. The van der Waals surface area contributed by atoms with E-state index in [0.29, 0.717) is 6.42 Å². The standard InChI is InChI=1S/C23H27N3O6S2/c1-15-14-33-22(24-15)20(13-17-8-10-18(11-9-17)26-34(29,30)31)25-21(27)19(23(28)32-2)12-16-6-4-3-5-7-16/h3-11,15,19-20,26H,12-14H2,1-2H3,(H,25,27)(H,29,30,31)/t15?,19-,20-/m0/s1. The fourth-order valence-corrected chi connectivity index (χ4v) is 5.05. The highest BCUT2D eigenvalue weighted by Gasteiger charge is 2.32. The lowest BCUT2D eigenvalue weighted by molar-refractivity contribution is -0.150. The normalized spacial score (nSPS) is 17.4. The largest absolute Gasteiger partial charge is 0.468 e. The number of amides is 1. The van der Waals surface area contributed by atoms with Crippen molar-refractivity contribution in [1.82, 2.24) is 5.32 Å². The number of aliphatic imine (C=N–C) groups is 1. The first-order valence-electron chi connectivity index (χ1n) is 10.6. The molecule has 1 unspecified atom stereocenters. The Kier molecular flexibility index (Phi) is 8.70. The number of esters is 1. The minimum Gasteiger partial charge on any atom is -0.468 e. The number of rotatable bonds is 10. The van der Waals surface area contributed by atoms with E-state index in [9.17, 15) is 18.0 Å². The Balaban J connectivity index is 1.79. The number of hydrogen-bond donors (Lipinski definition) is 3. The molecule has 3 rings (SSSR count). The Hall–Kier alpha value is -2.89. The van der Waals surface area contributed by atoms with Crippen molar-refractivity contribution >= 4 is 44.7 Å². The van der Waals surface area contributed by atoms with Gasteiger partial charge in [0.1, 0.15) is 5.92 Å². The molecule has 3 N–H and O–H groups in total. The van der Waals surface area contributed by atoms with E-state index in [1.165, 1.54) is 19.2 Å². The van der Waals surface area contributed by atoms with Crippen LogP contribution < -0.4 is 10.0 Å². The molecule has 2 aromatic rings. The highest BCUT2D eigenvalue weighted by atomic mass is 32.2. The van der Waals surface area contributed by atoms with E-state index in [-0.39, 0.29) is 18.2 Å². The molecule has 0 saturated heterocycles. The summed E-state index contributed by atoms with van der Waals surface area (Å²) in [6, 6.07) is 15.3. The molecule has 34 heavy (non-hydrogen) atoms. The molecule has 0 radical (unpaired) electrons. The fraction of sp³-hybridized carbons (Fsp3) is 0.348. The van der Waals surface area contributed by atoms with Gasteiger partial charge in [0.05, 0.1) is 29.9 Å². The molecule has 0 saturated carbocycles. The third kappa shape index (κ3) is 7.57. The van der Waals surface area contributed by atoms with Gasteiger partial charge < -0.3 is 10.1 Å². The van der Waals surface area contributed by atoms with Crippen molar-refractivity contribution in [2.75, 3.05) is 17.6 Å². The number of ether oxygens (including phenoxy) is 1. The van der Waals surface area contributed by atoms with Crippen molar-refractivity contribution in [2.45, 2.75) is 31.8 Å². The Labute approximate surface area is 203 Å². The van der Waals surface area contributed by atoms with Crippen LogP contribution in [0.25, 0.3) is 0 Å². The molecular formula is C23H27N3O6S2. The highest BCUT2D eigenvalue weighted by molar-refractivity contribution is 8.14. The number of anilines is 1. The lowest BCUT2D eigenvalue weighted by atomic mass is 9.97. The van der Waals surface area contributed by atoms with Crippen LogP contribution in [-0.2, 0) is 37.5 Å². The third-order valence-electron chi connectivity index (χ3n) is 5.16. The number of thioether (sulfide) groups is 1. The van der Waals surface area contributed by atoms with Crippen LogP contribution in [0.1, 0.15) is 18.1 Å². The van der Waals surface area contributed by atoms with Crippen LogP contribution in [0.5, 0.6) is 0 Å². The summed E-state index contributed by atoms with van der Waals surface area (Å²) in [5, 5.41) is 3.74. The molecule has 182 valence electrons. The zero-order valence-electron chi connectivity index (χ0n) is 18.8. The number of nitrogens with zero attached hydrogens (tertiary/aromatic N) is 1. The second kappa shape index (κ2) is 11.5. The van der Waals surface area contributed by atoms with Gasteiger partial charge in [0.25, 0.3) is 0 Å². The maximum absolute atomic E-state index is 13.2. The van der Waals surface area contributed by atoms with Gasteiger partial charge >= 0.3 is 16.3 Å². The van der Waals surface area contributed by atoms with Gasteiger partial charge in [0.15, 0.2) is 0 Å². The van der Waals surface area contributed by atoms with Crippen LogP contribution in [0.3, 0.4) is 0 Å². The molecule has 1 heterocycles. The predicted molar refractivity (Wildman–Crippen MR) is 132 cm³/mol. The smallest absolute Gasteiger partial charge is 0.357 e. The average Bonchev–Trinajstić information content (AvgIpc) is 3.23. The lowest BCUT2D eigenvalue weighted by Crippen LogP contribution is -2.46. The van der Waals surface area contributed by atoms with E-state index in [2.05, 4.69) is 10.3 Å². The number of carbonyl (C=O) groups excluding carboxylic acids is 2. The highest BCUT2D eigenvalue weighted by Crippen LogP contribution is 2.23. The van der Waals surface area contributed by atoms with E-state index >= 15 is 0 Å². The fourth-order valence-electron chi connectivity index (χ4n) is 3.53. The SMILES string of the molecule is COC(=O)[C@@H](Cc1ccccc1)C(=O)N[C@@H](Cc1ccc(NS(=O)(=O)O)cc1)C1=NC(C)CS1. The monoisotopic (exact) mass is 505 g/mol. The Morgan fingerprint density at radius 1 is 1.12 bits per heavy atom. The minimum absolute atomic E-state index is 0.112. The maximum Gasteiger partial charge on any atom is 0.357 e. The van der Waals surface area contributed by atoms with Gasteiger partial charge in [-0.2, -0.15) is 8.42 Å². The first-order valence-corrected chi connectivity index (χ1v) is 13.0. The van der Waals surface area contributed by atoms with E-state index in [1.54, 1.807) is 23.9 Å². The second-order valence-corrected chi connectivity index (χ2v) is 10.1.